The minimum Gasteiger partial charge on any atom is -0.463 e. The molecule has 0 aliphatic carbocycles. The average Bonchev–Trinajstić information content (AvgIpc) is 2.75. The summed E-state index contributed by atoms with van der Waals surface area (Å²) in [7, 11) is 0. The maximum absolute atomic E-state index is 12.1. The van der Waals surface area contributed by atoms with E-state index in [0.717, 1.165) is 26.3 Å². The molecule has 1 aliphatic rings. The number of hydrogen-bond acceptors (Lipinski definition) is 11. The molecule has 0 radical (unpaired) electrons. The lowest BCUT2D eigenvalue weighted by Crippen LogP contribution is -2.60. The van der Waals surface area contributed by atoms with Crippen molar-refractivity contribution in [3.63, 3.8) is 0 Å². The Morgan fingerprint density at radius 2 is 1.47 bits per heavy atom. The van der Waals surface area contributed by atoms with Gasteiger partial charge in [-0.1, -0.05) is 19.1 Å². The third kappa shape index (κ3) is 6.27. The molecule has 196 valence electrons. The van der Waals surface area contributed by atoms with Crippen LogP contribution in [0.2, 0.25) is 0 Å². The highest BCUT2D eigenvalue weighted by atomic mass is 32.1. The number of esters is 4. The predicted molar refractivity (Wildman–Crippen MR) is 126 cm³/mol. The largest absolute Gasteiger partial charge is 0.463 e. The van der Waals surface area contributed by atoms with Gasteiger partial charge in [-0.25, -0.2) is 0 Å². The van der Waals surface area contributed by atoms with Crippen LogP contribution in [0.1, 0.15) is 63.2 Å². The number of nitriles is 1. The van der Waals surface area contributed by atoms with E-state index in [2.05, 4.69) is 6.07 Å². The number of carbonyl (C=O) groups excluding carboxylic acids is 4. The predicted octanol–water partition coefficient (Wildman–Crippen LogP) is 2.52. The lowest BCUT2D eigenvalue weighted by Gasteiger charge is -2.45. The Bertz CT molecular complexity index is 1150. The molecule has 11 nitrogen and oxygen atoms in total. The fraction of sp³-hybridized carbons (Fsp3) is 0.583. The molecular weight excluding hydrogens is 492 g/mol. The first kappa shape index (κ1) is 28.9. The average molecular weight is 523 g/mol. The summed E-state index contributed by atoms with van der Waals surface area (Å²) < 4.78 is 29.4. The smallest absolute Gasteiger partial charge is 0.303 e. The Balaban J connectivity index is 2.84. The van der Waals surface area contributed by atoms with Gasteiger partial charge in [0.2, 0.25) is 0 Å². The summed E-state index contributed by atoms with van der Waals surface area (Å²) in [5.74, 6) is -2.81. The van der Waals surface area contributed by atoms with Gasteiger partial charge in [0.25, 0.3) is 0 Å². The zero-order valence-electron chi connectivity index (χ0n) is 21.3. The summed E-state index contributed by atoms with van der Waals surface area (Å²) in [6.45, 7) is 9.76. The SMILES string of the molecule is CCc1c(C)c(C#N)c(=S)n([C@H]2O[C@@H](COC(C)=O)[C@@H](OC(C)=O)[C@@H](OC(C)=O)[C@H]2OC(C)=O)c1C. The molecule has 1 aromatic heterocycles. The Morgan fingerprint density at radius 3 is 1.94 bits per heavy atom. The number of carbonyl (C=O) groups is 4. The molecule has 1 aliphatic heterocycles. The fourth-order valence-electron chi connectivity index (χ4n) is 4.37. The lowest BCUT2D eigenvalue weighted by atomic mass is 9.95. The molecule has 0 bridgehead atoms. The summed E-state index contributed by atoms with van der Waals surface area (Å²) >= 11 is 5.63. The number of ether oxygens (including phenoxy) is 5. The standard InChI is InChI=1S/C24H30N2O9S/c1-8-17-11(2)18(9-25)24(36)26(12(17)3)23-22(34-16(7)30)21(33-15(6)29)20(32-14(5)28)19(35-23)10-31-13(4)27/h19-23H,8,10H2,1-7H3/t19-,20+,21+,22+,23-/m0/s1. The topological polar surface area (TPSA) is 143 Å². The van der Waals surface area contributed by atoms with E-state index in [-0.39, 0.29) is 16.8 Å². The molecule has 0 N–H and O–H groups in total. The molecule has 0 amide bonds. The van der Waals surface area contributed by atoms with Gasteiger partial charge in [-0.05, 0) is 31.4 Å². The molecule has 1 saturated heterocycles. The molecule has 12 heteroatoms. The Hall–Kier alpha value is -3.30. The quantitative estimate of drug-likeness (QED) is 0.296. The minimum absolute atomic E-state index is 0.116. The van der Waals surface area contributed by atoms with Gasteiger partial charge in [-0.2, -0.15) is 5.26 Å². The Kier molecular flexibility index (Phi) is 9.72. The van der Waals surface area contributed by atoms with Gasteiger partial charge in [-0.15, -0.1) is 0 Å². The molecule has 0 unspecified atom stereocenters. The summed E-state index contributed by atoms with van der Waals surface area (Å²) in [5, 5.41) is 9.81. The van der Waals surface area contributed by atoms with Crippen molar-refractivity contribution in [2.45, 2.75) is 85.5 Å². The van der Waals surface area contributed by atoms with Gasteiger partial charge in [0.05, 0.1) is 5.56 Å². The third-order valence-corrected chi connectivity index (χ3v) is 6.15. The van der Waals surface area contributed by atoms with Crippen molar-refractivity contribution in [1.29, 1.82) is 5.26 Å². The van der Waals surface area contributed by atoms with Crippen molar-refractivity contribution < 1.29 is 42.9 Å². The molecule has 2 heterocycles. The third-order valence-electron chi connectivity index (χ3n) is 5.74. The number of pyridine rings is 1. The molecule has 2 rings (SSSR count). The van der Waals surface area contributed by atoms with E-state index in [0.29, 0.717) is 17.7 Å². The molecule has 1 aromatic rings. The van der Waals surface area contributed by atoms with Crippen molar-refractivity contribution in [3.8, 4) is 6.07 Å². The summed E-state index contributed by atoms with van der Waals surface area (Å²) in [4.78, 5) is 47.7. The molecule has 36 heavy (non-hydrogen) atoms. The van der Waals surface area contributed by atoms with Crippen LogP contribution in [0.4, 0.5) is 0 Å². The number of aromatic nitrogens is 1. The zero-order valence-corrected chi connectivity index (χ0v) is 22.1. The second-order valence-corrected chi connectivity index (χ2v) is 8.68. The van der Waals surface area contributed by atoms with Gasteiger partial charge in [-0.3, -0.25) is 19.2 Å². The van der Waals surface area contributed by atoms with Crippen LogP contribution in [0.5, 0.6) is 0 Å². The Morgan fingerprint density at radius 1 is 0.944 bits per heavy atom. The van der Waals surface area contributed by atoms with Crippen LogP contribution >= 0.6 is 12.2 Å². The molecule has 5 atom stereocenters. The van der Waals surface area contributed by atoms with E-state index in [9.17, 15) is 24.4 Å². The molecule has 0 saturated carbocycles. The van der Waals surface area contributed by atoms with Crippen LogP contribution in [0.25, 0.3) is 0 Å². The first-order chi connectivity index (χ1) is 16.8. The summed E-state index contributed by atoms with van der Waals surface area (Å²) in [6, 6.07) is 2.12. The molecular formula is C24H30N2O9S. The van der Waals surface area contributed by atoms with Crippen LogP contribution in [0.3, 0.4) is 0 Å². The van der Waals surface area contributed by atoms with E-state index in [1.54, 1.807) is 13.8 Å². The number of nitrogens with zero attached hydrogens (tertiary/aromatic N) is 2. The first-order valence-electron chi connectivity index (χ1n) is 11.3. The lowest BCUT2D eigenvalue weighted by molar-refractivity contribution is -0.269. The highest BCUT2D eigenvalue weighted by molar-refractivity contribution is 7.71. The van der Waals surface area contributed by atoms with Gasteiger partial charge < -0.3 is 28.3 Å². The maximum Gasteiger partial charge on any atom is 0.303 e. The van der Waals surface area contributed by atoms with Crippen LogP contribution in [-0.4, -0.2) is 59.5 Å². The molecule has 0 aromatic carbocycles. The highest BCUT2D eigenvalue weighted by Gasteiger charge is 2.53. The van der Waals surface area contributed by atoms with Crippen LogP contribution in [0, 0.1) is 29.8 Å². The van der Waals surface area contributed by atoms with Crippen molar-refractivity contribution >= 4 is 36.1 Å². The summed E-state index contributed by atoms with van der Waals surface area (Å²) in [5.41, 5.74) is 2.41. The van der Waals surface area contributed by atoms with E-state index >= 15 is 0 Å². The normalized spacial score (nSPS) is 23.2. The minimum atomic E-state index is -1.34. The summed E-state index contributed by atoms with van der Waals surface area (Å²) in [6.07, 6.45) is -5.73. The van der Waals surface area contributed by atoms with Crippen LogP contribution < -0.4 is 0 Å². The van der Waals surface area contributed by atoms with Gasteiger partial charge in [0, 0.05) is 33.4 Å². The fourth-order valence-corrected chi connectivity index (χ4v) is 4.81. The van der Waals surface area contributed by atoms with E-state index in [4.69, 9.17) is 35.9 Å². The Labute approximate surface area is 214 Å². The van der Waals surface area contributed by atoms with Gasteiger partial charge in [0.15, 0.2) is 24.5 Å². The van der Waals surface area contributed by atoms with Gasteiger partial charge in [0.1, 0.15) is 23.4 Å². The van der Waals surface area contributed by atoms with Crippen LogP contribution in [-0.2, 0) is 49.3 Å². The highest BCUT2D eigenvalue weighted by Crippen LogP contribution is 2.37. The maximum atomic E-state index is 12.1. The van der Waals surface area contributed by atoms with Crippen LogP contribution in [0.15, 0.2) is 0 Å². The molecule has 0 spiro atoms. The second-order valence-electron chi connectivity index (χ2n) is 8.29. The van der Waals surface area contributed by atoms with Crippen molar-refractivity contribution in [2.24, 2.45) is 0 Å². The first-order valence-corrected chi connectivity index (χ1v) is 11.7. The monoisotopic (exact) mass is 522 g/mol. The van der Waals surface area contributed by atoms with Gasteiger partial charge >= 0.3 is 23.9 Å². The molecule has 1 fully saturated rings. The van der Waals surface area contributed by atoms with E-state index < -0.39 is 54.5 Å². The zero-order chi connectivity index (χ0) is 27.3. The van der Waals surface area contributed by atoms with Crippen molar-refractivity contribution in [2.75, 3.05) is 6.61 Å². The number of rotatable bonds is 7. The number of hydrogen-bond donors (Lipinski definition) is 0. The second kappa shape index (κ2) is 12.1. The van der Waals surface area contributed by atoms with E-state index in [1.165, 1.54) is 11.5 Å². The van der Waals surface area contributed by atoms with Crippen molar-refractivity contribution in [3.05, 3.63) is 27.0 Å². The van der Waals surface area contributed by atoms with Crippen molar-refractivity contribution in [1.82, 2.24) is 4.57 Å². The van der Waals surface area contributed by atoms with E-state index in [1.807, 2.05) is 6.92 Å².